The van der Waals surface area contributed by atoms with Gasteiger partial charge in [0, 0.05) is 12.3 Å². The van der Waals surface area contributed by atoms with E-state index in [4.69, 9.17) is 9.47 Å². The first kappa shape index (κ1) is 38.7. The first-order valence-electron chi connectivity index (χ1n) is 17.6. The van der Waals surface area contributed by atoms with Gasteiger partial charge in [0.2, 0.25) is 21.8 Å². The summed E-state index contributed by atoms with van der Waals surface area (Å²) in [5, 5.41) is 2.09. The molecule has 280 valence electrons. The predicted octanol–water partition coefficient (Wildman–Crippen LogP) is 4.54. The average Bonchev–Trinajstić information content (AvgIpc) is 3.99. The normalized spacial score (nSPS) is 23.6. The lowest BCUT2D eigenvalue weighted by Crippen LogP contribution is -2.57. The summed E-state index contributed by atoms with van der Waals surface area (Å²) >= 11 is 0. The van der Waals surface area contributed by atoms with Crippen molar-refractivity contribution in [2.24, 2.45) is 17.3 Å². The molecule has 2 N–H and O–H groups in total. The number of likely N-dealkylation sites (tertiary alicyclic amines) is 1. The number of esters is 2. The van der Waals surface area contributed by atoms with Crippen LogP contribution in [0.3, 0.4) is 0 Å². The molecule has 12 nitrogen and oxygen atoms in total. The number of carbonyl (C=O) groups excluding carboxylic acids is 5. The minimum Gasteiger partial charge on any atom is -0.460 e. The second-order valence-corrected chi connectivity index (χ2v) is 18.1. The number of rotatable bonds is 12. The summed E-state index contributed by atoms with van der Waals surface area (Å²) in [6.45, 7) is 14.2. The fourth-order valence-electron chi connectivity index (χ4n) is 6.56. The van der Waals surface area contributed by atoms with Gasteiger partial charge in [-0.1, -0.05) is 69.3 Å². The first-order chi connectivity index (χ1) is 24.2. The molecule has 2 aromatic carbocycles. The minimum atomic E-state index is -3.91. The molecular formula is C39H49N3O9S. The Bertz CT molecular complexity index is 1830. The van der Waals surface area contributed by atoms with E-state index in [1.54, 1.807) is 65.8 Å². The molecule has 5 atom stereocenters. The molecule has 0 aromatic heterocycles. The lowest BCUT2D eigenvalue weighted by Gasteiger charge is -2.35. The van der Waals surface area contributed by atoms with E-state index in [9.17, 15) is 32.4 Å². The number of nitrogens with one attached hydrogen (secondary N) is 2. The maximum absolute atomic E-state index is 14.4. The molecular weight excluding hydrogens is 687 g/mol. The standard InChI is InChI=1S/C39H49N3O9S/c1-8-27-22-39(27,36(47)41-52(48,49)29-18-19-29)40-33(44)31-20-28(50-35(46)26-16-14-25(15-17-26)24-12-10-9-11-13-24)23-42(31)34(45)30(37(2,3)4)21-32(43)51-38(5,6)7/h8-17,27-31H,1,18-23H2,2-7H3,(H,40,44)(H,41,47)/t27-,28+,30-,31+,39-/m1/s1. The van der Waals surface area contributed by atoms with Gasteiger partial charge >= 0.3 is 11.9 Å². The number of amides is 3. The summed E-state index contributed by atoms with van der Waals surface area (Å²) in [5.41, 5.74) is -0.942. The lowest BCUT2D eigenvalue weighted by molar-refractivity contribution is -0.161. The maximum atomic E-state index is 14.4. The summed E-state index contributed by atoms with van der Waals surface area (Å²) in [6.07, 6.45) is 1.24. The molecule has 1 saturated heterocycles. The lowest BCUT2D eigenvalue weighted by atomic mass is 9.77. The Morgan fingerprint density at radius 3 is 2.12 bits per heavy atom. The van der Waals surface area contributed by atoms with Crippen LogP contribution in [0.4, 0.5) is 0 Å². The molecule has 5 rings (SSSR count). The van der Waals surface area contributed by atoms with Crippen molar-refractivity contribution in [1.82, 2.24) is 14.9 Å². The van der Waals surface area contributed by atoms with Gasteiger partial charge in [0.1, 0.15) is 23.3 Å². The van der Waals surface area contributed by atoms with Crippen LogP contribution < -0.4 is 10.0 Å². The number of carbonyl (C=O) groups is 5. The van der Waals surface area contributed by atoms with Crippen LogP contribution in [0.25, 0.3) is 11.1 Å². The quantitative estimate of drug-likeness (QED) is 0.235. The van der Waals surface area contributed by atoms with Gasteiger partial charge in [0.25, 0.3) is 5.91 Å². The molecule has 52 heavy (non-hydrogen) atoms. The number of sulfonamides is 1. The molecule has 3 amide bonds. The van der Waals surface area contributed by atoms with E-state index in [1.807, 2.05) is 30.3 Å². The zero-order chi connectivity index (χ0) is 38.2. The van der Waals surface area contributed by atoms with Gasteiger partial charge in [-0.05, 0) is 68.7 Å². The van der Waals surface area contributed by atoms with Gasteiger partial charge in [-0.3, -0.25) is 23.9 Å². The predicted molar refractivity (Wildman–Crippen MR) is 194 cm³/mol. The van der Waals surface area contributed by atoms with E-state index >= 15 is 0 Å². The van der Waals surface area contributed by atoms with Crippen molar-refractivity contribution < 1.29 is 41.9 Å². The third-order valence-electron chi connectivity index (χ3n) is 9.73. The van der Waals surface area contributed by atoms with Gasteiger partial charge in [0.15, 0.2) is 0 Å². The van der Waals surface area contributed by atoms with Crippen LogP contribution in [-0.4, -0.2) is 78.1 Å². The van der Waals surface area contributed by atoms with Crippen molar-refractivity contribution >= 4 is 39.7 Å². The number of nitrogens with zero attached hydrogens (tertiary/aromatic N) is 1. The Hall–Kier alpha value is -4.52. The van der Waals surface area contributed by atoms with Crippen molar-refractivity contribution in [1.29, 1.82) is 0 Å². The third kappa shape index (κ3) is 8.91. The third-order valence-corrected chi connectivity index (χ3v) is 11.6. The van der Waals surface area contributed by atoms with Crippen LogP contribution >= 0.6 is 0 Å². The van der Waals surface area contributed by atoms with Crippen molar-refractivity contribution in [3.63, 3.8) is 0 Å². The molecule has 2 aliphatic carbocycles. The second kappa shape index (κ2) is 14.5. The van der Waals surface area contributed by atoms with Crippen LogP contribution in [0.5, 0.6) is 0 Å². The number of hydrogen-bond acceptors (Lipinski definition) is 9. The van der Waals surface area contributed by atoms with Gasteiger partial charge < -0.3 is 19.7 Å². The fraction of sp³-hybridized carbons (Fsp3) is 0.513. The van der Waals surface area contributed by atoms with Crippen molar-refractivity contribution in [3.05, 3.63) is 72.8 Å². The molecule has 0 unspecified atom stereocenters. The largest absolute Gasteiger partial charge is 0.460 e. The molecule has 3 aliphatic rings. The van der Waals surface area contributed by atoms with Crippen LogP contribution in [-0.2, 0) is 38.7 Å². The summed E-state index contributed by atoms with van der Waals surface area (Å²) in [5.74, 6) is -4.79. The molecule has 0 bridgehead atoms. The Labute approximate surface area is 305 Å². The molecule has 0 spiro atoms. The Morgan fingerprint density at radius 1 is 0.962 bits per heavy atom. The summed E-state index contributed by atoms with van der Waals surface area (Å²) < 4.78 is 38.8. The number of ether oxygens (including phenoxy) is 2. The highest BCUT2D eigenvalue weighted by Gasteiger charge is 2.62. The van der Waals surface area contributed by atoms with E-state index < -0.39 is 85.5 Å². The first-order valence-corrected chi connectivity index (χ1v) is 19.2. The van der Waals surface area contributed by atoms with E-state index in [0.29, 0.717) is 12.8 Å². The monoisotopic (exact) mass is 735 g/mol. The maximum Gasteiger partial charge on any atom is 0.338 e. The van der Waals surface area contributed by atoms with Gasteiger partial charge in [-0.25, -0.2) is 13.2 Å². The minimum absolute atomic E-state index is 0.0917. The smallest absolute Gasteiger partial charge is 0.338 e. The Kier molecular flexibility index (Phi) is 10.8. The highest BCUT2D eigenvalue weighted by atomic mass is 32.2. The Balaban J connectivity index is 1.39. The van der Waals surface area contributed by atoms with Gasteiger partial charge in [-0.2, -0.15) is 0 Å². The summed E-state index contributed by atoms with van der Waals surface area (Å²) in [7, 11) is -3.91. The molecule has 2 aromatic rings. The zero-order valence-electron chi connectivity index (χ0n) is 30.6. The summed E-state index contributed by atoms with van der Waals surface area (Å²) in [6, 6.07) is 15.3. The molecule has 13 heteroatoms. The van der Waals surface area contributed by atoms with Crippen molar-refractivity contribution in [2.75, 3.05) is 6.54 Å². The Morgan fingerprint density at radius 2 is 1.58 bits per heavy atom. The molecule has 1 aliphatic heterocycles. The van der Waals surface area contributed by atoms with Crippen LogP contribution in [0, 0.1) is 17.3 Å². The molecule has 2 saturated carbocycles. The van der Waals surface area contributed by atoms with Crippen molar-refractivity contribution in [3.8, 4) is 11.1 Å². The van der Waals surface area contributed by atoms with E-state index in [-0.39, 0.29) is 31.4 Å². The van der Waals surface area contributed by atoms with Crippen LogP contribution in [0.1, 0.15) is 84.0 Å². The van der Waals surface area contributed by atoms with E-state index in [0.717, 1.165) is 11.1 Å². The van der Waals surface area contributed by atoms with Crippen LogP contribution in [0.15, 0.2) is 67.3 Å². The highest BCUT2D eigenvalue weighted by molar-refractivity contribution is 7.91. The number of hydrogen-bond donors (Lipinski definition) is 2. The zero-order valence-corrected chi connectivity index (χ0v) is 31.5. The van der Waals surface area contributed by atoms with E-state index in [1.165, 1.54) is 11.0 Å². The average molecular weight is 736 g/mol. The van der Waals surface area contributed by atoms with Gasteiger partial charge in [-0.15, -0.1) is 6.58 Å². The number of benzene rings is 2. The SMILES string of the molecule is C=C[C@@H]1C[C@]1(NC(=O)[C@@H]1C[C@H](OC(=O)c2ccc(-c3ccccc3)cc2)CN1C(=O)[C@@H](CC(=O)OC(C)(C)C)C(C)(C)C)C(=O)NS(=O)(=O)C1CC1. The van der Waals surface area contributed by atoms with Crippen molar-refractivity contribution in [2.45, 2.75) is 102 Å². The fourth-order valence-corrected chi connectivity index (χ4v) is 7.92. The second-order valence-electron chi connectivity index (χ2n) is 16.1. The molecule has 3 fully saturated rings. The highest BCUT2D eigenvalue weighted by Crippen LogP contribution is 2.46. The molecule has 1 heterocycles. The molecule has 0 radical (unpaired) electrons. The van der Waals surface area contributed by atoms with Crippen LogP contribution in [0.2, 0.25) is 0 Å². The van der Waals surface area contributed by atoms with E-state index in [2.05, 4.69) is 16.6 Å². The van der Waals surface area contributed by atoms with Gasteiger partial charge in [0.05, 0.1) is 29.7 Å². The summed E-state index contributed by atoms with van der Waals surface area (Å²) in [4.78, 5) is 69.6. The topological polar surface area (TPSA) is 165 Å².